The molecule has 1 atom stereocenters. The summed E-state index contributed by atoms with van der Waals surface area (Å²) in [5.74, 6) is -0.935. The molecule has 3 aromatic rings. The van der Waals surface area contributed by atoms with E-state index in [-0.39, 0.29) is 24.0 Å². The molecular formula is C35H44F4N6O3. The minimum absolute atomic E-state index is 0.0188. The number of aromatic nitrogens is 2. The molecule has 1 aliphatic carbocycles. The Kier molecular flexibility index (Phi) is 10.8. The normalized spacial score (nSPS) is 17.1. The molecule has 2 N–H and O–H groups in total. The number of anilines is 1. The molecule has 1 saturated carbocycles. The van der Waals surface area contributed by atoms with Gasteiger partial charge in [0, 0.05) is 38.3 Å². The molecular weight excluding hydrogens is 628 g/mol. The highest BCUT2D eigenvalue weighted by atomic mass is 19.4. The Morgan fingerprint density at radius 3 is 2.50 bits per heavy atom. The van der Waals surface area contributed by atoms with E-state index < -0.39 is 41.0 Å². The lowest BCUT2D eigenvalue weighted by Gasteiger charge is -2.31. The maximum Gasteiger partial charge on any atom is 0.435 e. The third kappa shape index (κ3) is 9.56. The van der Waals surface area contributed by atoms with Gasteiger partial charge >= 0.3 is 12.3 Å². The van der Waals surface area contributed by atoms with Gasteiger partial charge in [0.25, 0.3) is 5.91 Å². The maximum absolute atomic E-state index is 15.2. The summed E-state index contributed by atoms with van der Waals surface area (Å²) in [4.78, 5) is 30.5. The molecule has 2 aliphatic rings. The van der Waals surface area contributed by atoms with Crippen LogP contribution in [0.4, 0.5) is 28.0 Å². The van der Waals surface area contributed by atoms with E-state index in [0.29, 0.717) is 17.5 Å². The van der Waals surface area contributed by atoms with Crippen molar-refractivity contribution in [2.45, 2.75) is 77.2 Å². The van der Waals surface area contributed by atoms with Crippen LogP contribution in [-0.2, 0) is 17.5 Å². The molecule has 1 saturated heterocycles. The molecule has 0 radical (unpaired) electrons. The zero-order chi connectivity index (χ0) is 34.6. The van der Waals surface area contributed by atoms with E-state index >= 15 is 4.39 Å². The number of amides is 2. The third-order valence-corrected chi connectivity index (χ3v) is 8.59. The van der Waals surface area contributed by atoms with Gasteiger partial charge in [0.1, 0.15) is 17.1 Å². The fourth-order valence-electron chi connectivity index (χ4n) is 5.94. The number of carbonyl (C=O) groups is 2. The van der Waals surface area contributed by atoms with Crippen LogP contribution in [0, 0.1) is 11.7 Å². The molecule has 13 heteroatoms. The molecule has 0 spiro atoms. The Morgan fingerprint density at radius 2 is 1.79 bits per heavy atom. The van der Waals surface area contributed by atoms with Crippen LogP contribution in [0.5, 0.6) is 0 Å². The Morgan fingerprint density at radius 1 is 1.02 bits per heavy atom. The van der Waals surface area contributed by atoms with E-state index in [1.165, 1.54) is 31.0 Å². The van der Waals surface area contributed by atoms with Gasteiger partial charge in [-0.15, -0.1) is 0 Å². The van der Waals surface area contributed by atoms with Crippen LogP contribution in [0.3, 0.4) is 0 Å². The summed E-state index contributed by atoms with van der Waals surface area (Å²) in [6.45, 7) is 8.84. The van der Waals surface area contributed by atoms with E-state index in [4.69, 9.17) is 4.74 Å². The van der Waals surface area contributed by atoms with Crippen molar-refractivity contribution in [3.8, 4) is 5.69 Å². The molecule has 0 bridgehead atoms. The number of rotatable bonds is 10. The van der Waals surface area contributed by atoms with Crippen molar-refractivity contribution in [3.05, 3.63) is 76.9 Å². The summed E-state index contributed by atoms with van der Waals surface area (Å²) in [6, 6.07) is 11.5. The Bertz CT molecular complexity index is 1600. The monoisotopic (exact) mass is 672 g/mol. The molecule has 1 aromatic heterocycles. The number of nitrogens with one attached hydrogen (secondary N) is 2. The minimum Gasteiger partial charge on any atom is -0.444 e. The first kappa shape index (κ1) is 35.3. The summed E-state index contributed by atoms with van der Waals surface area (Å²) in [6.07, 6.45) is -0.0969. The molecule has 2 aromatic carbocycles. The highest BCUT2D eigenvalue weighted by Gasteiger charge is 2.36. The third-order valence-electron chi connectivity index (χ3n) is 8.59. The Balaban J connectivity index is 1.40. The lowest BCUT2D eigenvalue weighted by molar-refractivity contribution is -0.141. The standard InChI is InChI=1S/C35H44F4N6O3/c1-34(2,3)48-33(47)40-22-24-7-5-8-26(19-24)45-30(21-31(42-45)35(37,38)39)32(46)41-28-20-25(12-13-27(28)36)29(14-11-23-9-10-23)44-16-6-15-43(4)17-18-44/h5,7-8,12-13,19-21,23,29H,6,9-11,14-18,22H2,1-4H3,(H,40,47)(H,41,46). The topological polar surface area (TPSA) is 91.7 Å². The first-order valence-corrected chi connectivity index (χ1v) is 16.4. The molecule has 5 rings (SSSR count). The van der Waals surface area contributed by atoms with E-state index in [0.717, 1.165) is 55.7 Å². The average molecular weight is 673 g/mol. The van der Waals surface area contributed by atoms with Crippen LogP contribution in [-0.4, -0.2) is 70.4 Å². The summed E-state index contributed by atoms with van der Waals surface area (Å²) < 4.78 is 62.9. The highest BCUT2D eigenvalue weighted by molar-refractivity contribution is 6.03. The first-order chi connectivity index (χ1) is 22.7. The van der Waals surface area contributed by atoms with Crippen molar-refractivity contribution in [1.29, 1.82) is 0 Å². The van der Waals surface area contributed by atoms with Crippen molar-refractivity contribution >= 4 is 17.7 Å². The van der Waals surface area contributed by atoms with E-state index in [1.807, 2.05) is 0 Å². The van der Waals surface area contributed by atoms with Gasteiger partial charge in [-0.3, -0.25) is 9.69 Å². The van der Waals surface area contributed by atoms with Crippen molar-refractivity contribution < 1.29 is 31.9 Å². The molecule has 2 fully saturated rings. The van der Waals surface area contributed by atoms with E-state index in [9.17, 15) is 22.8 Å². The predicted molar refractivity (Wildman–Crippen MR) is 174 cm³/mol. The molecule has 260 valence electrons. The number of alkyl carbamates (subject to hydrolysis) is 1. The van der Waals surface area contributed by atoms with Crippen molar-refractivity contribution in [2.75, 3.05) is 38.5 Å². The van der Waals surface area contributed by atoms with Gasteiger partial charge in [-0.1, -0.05) is 31.0 Å². The number of benzene rings is 2. The summed E-state index contributed by atoms with van der Waals surface area (Å²) >= 11 is 0. The number of halogens is 4. The van der Waals surface area contributed by atoms with Crippen molar-refractivity contribution in [3.63, 3.8) is 0 Å². The van der Waals surface area contributed by atoms with Crippen LogP contribution in [0.25, 0.3) is 5.69 Å². The molecule has 2 heterocycles. The number of ether oxygens (including phenoxy) is 1. The predicted octanol–water partition coefficient (Wildman–Crippen LogP) is 7.18. The van der Waals surface area contributed by atoms with Gasteiger partial charge in [-0.05, 0) is 94.9 Å². The number of hydrogen-bond donors (Lipinski definition) is 2. The van der Waals surface area contributed by atoms with Gasteiger partial charge < -0.3 is 20.3 Å². The van der Waals surface area contributed by atoms with Crippen molar-refractivity contribution in [1.82, 2.24) is 24.9 Å². The van der Waals surface area contributed by atoms with Crippen LogP contribution in [0.15, 0.2) is 48.5 Å². The van der Waals surface area contributed by atoms with E-state index in [1.54, 1.807) is 45.0 Å². The lowest BCUT2D eigenvalue weighted by atomic mass is 9.97. The molecule has 2 amide bonds. The fraction of sp³-hybridized carbons (Fsp3) is 0.514. The van der Waals surface area contributed by atoms with Gasteiger partial charge in [0.2, 0.25) is 0 Å². The second-order valence-corrected chi connectivity index (χ2v) is 13.8. The van der Waals surface area contributed by atoms with Crippen LogP contribution in [0.2, 0.25) is 0 Å². The van der Waals surface area contributed by atoms with Gasteiger partial charge in [0.05, 0.1) is 11.4 Å². The first-order valence-electron chi connectivity index (χ1n) is 16.4. The van der Waals surface area contributed by atoms with Gasteiger partial charge in [-0.2, -0.15) is 18.3 Å². The number of hydrogen-bond acceptors (Lipinski definition) is 6. The van der Waals surface area contributed by atoms with Crippen molar-refractivity contribution in [2.24, 2.45) is 5.92 Å². The largest absolute Gasteiger partial charge is 0.444 e. The quantitative estimate of drug-likeness (QED) is 0.222. The fourth-order valence-corrected chi connectivity index (χ4v) is 5.94. The minimum atomic E-state index is -4.84. The number of nitrogens with zero attached hydrogens (tertiary/aromatic N) is 4. The summed E-state index contributed by atoms with van der Waals surface area (Å²) in [5, 5.41) is 8.84. The highest BCUT2D eigenvalue weighted by Crippen LogP contribution is 2.38. The lowest BCUT2D eigenvalue weighted by Crippen LogP contribution is -2.33. The second kappa shape index (κ2) is 14.7. The Hall–Kier alpha value is -3.97. The van der Waals surface area contributed by atoms with Crippen LogP contribution in [0.1, 0.15) is 86.2 Å². The molecule has 9 nitrogen and oxygen atoms in total. The SMILES string of the molecule is CN1CCCN(C(CCC2CC2)c2ccc(F)c(NC(=O)c3cc(C(F)(F)F)nn3-c3cccc(CNC(=O)OC(C)(C)C)c3)c2)CC1. The zero-order valence-corrected chi connectivity index (χ0v) is 27.9. The van der Waals surface area contributed by atoms with Crippen LogP contribution < -0.4 is 10.6 Å². The molecule has 1 aliphatic heterocycles. The van der Waals surface area contributed by atoms with Crippen LogP contribution >= 0.6 is 0 Å². The average Bonchev–Trinajstić information content (AvgIpc) is 3.76. The van der Waals surface area contributed by atoms with E-state index in [2.05, 4.69) is 32.6 Å². The smallest absolute Gasteiger partial charge is 0.435 e. The summed E-state index contributed by atoms with van der Waals surface area (Å²) in [5.41, 5.74) is -0.985. The number of carbonyl (C=O) groups excluding carboxylic acids is 2. The summed E-state index contributed by atoms with van der Waals surface area (Å²) in [7, 11) is 2.10. The molecule has 48 heavy (non-hydrogen) atoms. The second-order valence-electron chi connectivity index (χ2n) is 13.8. The van der Waals surface area contributed by atoms with Gasteiger partial charge in [-0.25, -0.2) is 13.9 Å². The zero-order valence-electron chi connectivity index (χ0n) is 27.9. The Labute approximate surface area is 278 Å². The number of alkyl halides is 3. The van der Waals surface area contributed by atoms with Gasteiger partial charge in [0.15, 0.2) is 5.69 Å². The molecule has 1 unspecified atom stereocenters. The maximum atomic E-state index is 15.2. The number of likely N-dealkylation sites (N-methyl/N-ethyl adjacent to an activating group) is 1.